The van der Waals surface area contributed by atoms with Crippen LogP contribution in [0, 0.1) is 0 Å². The van der Waals surface area contributed by atoms with Crippen LogP contribution >= 0.6 is 12.4 Å². The van der Waals surface area contributed by atoms with E-state index in [-0.39, 0.29) is 30.5 Å². The van der Waals surface area contributed by atoms with Crippen molar-refractivity contribution in [2.24, 2.45) is 0 Å². The first-order valence-electron chi connectivity index (χ1n) is 7.50. The summed E-state index contributed by atoms with van der Waals surface area (Å²) >= 11 is 0. The molecule has 2 unspecified atom stereocenters. The van der Waals surface area contributed by atoms with Crippen LogP contribution in [0.25, 0.3) is 0 Å². The van der Waals surface area contributed by atoms with Gasteiger partial charge in [0.1, 0.15) is 6.10 Å². The Morgan fingerprint density at radius 1 is 1.35 bits per heavy atom. The van der Waals surface area contributed by atoms with Crippen LogP contribution in [-0.4, -0.2) is 50.5 Å². The highest BCUT2D eigenvalue weighted by Crippen LogP contribution is 2.13. The van der Waals surface area contributed by atoms with Crippen molar-refractivity contribution in [1.82, 2.24) is 10.6 Å². The molecule has 2 fully saturated rings. The van der Waals surface area contributed by atoms with Crippen molar-refractivity contribution < 1.29 is 14.3 Å². The topological polar surface area (TPSA) is 59.6 Å². The maximum atomic E-state index is 12.0. The van der Waals surface area contributed by atoms with Gasteiger partial charge in [-0.15, -0.1) is 12.4 Å². The number of nitrogens with one attached hydrogen (secondary N) is 2. The standard InChI is InChI=1S/C14H26N2O3.ClH/c1-11(19-10-13-4-2-3-9-18-13)14(17)16-12-5-7-15-8-6-12;/h11-13,15H,2-10H2,1H3,(H,16,17);1H. The SMILES string of the molecule is CC(OCC1CCCCO1)C(=O)NC1CCNCC1.Cl. The molecule has 2 rings (SSSR count). The number of hydrogen-bond donors (Lipinski definition) is 2. The normalized spacial score (nSPS) is 25.6. The zero-order chi connectivity index (χ0) is 13.5. The first-order valence-corrected chi connectivity index (χ1v) is 7.50. The van der Waals surface area contributed by atoms with E-state index < -0.39 is 0 Å². The van der Waals surface area contributed by atoms with E-state index in [1.165, 1.54) is 6.42 Å². The molecule has 1 amide bonds. The molecule has 0 aromatic heterocycles. The van der Waals surface area contributed by atoms with E-state index in [4.69, 9.17) is 9.47 Å². The molecule has 0 bridgehead atoms. The molecule has 0 aliphatic carbocycles. The molecule has 0 aromatic rings. The van der Waals surface area contributed by atoms with Gasteiger partial charge in [-0.05, 0) is 52.1 Å². The van der Waals surface area contributed by atoms with Crippen LogP contribution in [-0.2, 0) is 14.3 Å². The van der Waals surface area contributed by atoms with Crippen LogP contribution < -0.4 is 10.6 Å². The molecule has 0 spiro atoms. The van der Waals surface area contributed by atoms with Crippen LogP contribution in [0.15, 0.2) is 0 Å². The first-order chi connectivity index (χ1) is 9.25. The van der Waals surface area contributed by atoms with Crippen molar-refractivity contribution in [3.8, 4) is 0 Å². The average molecular weight is 307 g/mol. The van der Waals surface area contributed by atoms with Gasteiger partial charge in [-0.3, -0.25) is 4.79 Å². The van der Waals surface area contributed by atoms with Crippen molar-refractivity contribution in [3.63, 3.8) is 0 Å². The Morgan fingerprint density at radius 2 is 2.10 bits per heavy atom. The predicted octanol–water partition coefficient (Wildman–Crippen LogP) is 1.25. The Labute approximate surface area is 127 Å². The number of carbonyl (C=O) groups excluding carboxylic acids is 1. The lowest BCUT2D eigenvalue weighted by Gasteiger charge is -2.26. The van der Waals surface area contributed by atoms with Crippen LogP contribution in [0.3, 0.4) is 0 Å². The van der Waals surface area contributed by atoms with E-state index in [1.54, 1.807) is 0 Å². The maximum Gasteiger partial charge on any atom is 0.249 e. The minimum absolute atomic E-state index is 0. The Balaban J connectivity index is 0.00000200. The number of ether oxygens (including phenoxy) is 2. The summed E-state index contributed by atoms with van der Waals surface area (Å²) in [6.45, 7) is 5.13. The molecule has 0 saturated carbocycles. The highest BCUT2D eigenvalue weighted by atomic mass is 35.5. The van der Waals surface area contributed by atoms with Crippen molar-refractivity contribution in [2.45, 2.75) is 57.3 Å². The lowest BCUT2D eigenvalue weighted by molar-refractivity contribution is -0.136. The van der Waals surface area contributed by atoms with Crippen molar-refractivity contribution in [2.75, 3.05) is 26.3 Å². The van der Waals surface area contributed by atoms with Gasteiger partial charge in [-0.2, -0.15) is 0 Å². The van der Waals surface area contributed by atoms with Gasteiger partial charge in [0.15, 0.2) is 0 Å². The summed E-state index contributed by atoms with van der Waals surface area (Å²) in [4.78, 5) is 12.0. The number of hydrogen-bond acceptors (Lipinski definition) is 4. The summed E-state index contributed by atoms with van der Waals surface area (Å²) < 4.78 is 11.2. The van der Waals surface area contributed by atoms with E-state index in [2.05, 4.69) is 10.6 Å². The molecule has 0 aromatic carbocycles. The van der Waals surface area contributed by atoms with Gasteiger partial charge in [-0.1, -0.05) is 0 Å². The summed E-state index contributed by atoms with van der Waals surface area (Å²) in [7, 11) is 0. The molecule has 20 heavy (non-hydrogen) atoms. The van der Waals surface area contributed by atoms with Crippen LogP contribution in [0.2, 0.25) is 0 Å². The molecule has 2 atom stereocenters. The highest BCUT2D eigenvalue weighted by Gasteiger charge is 2.21. The molecular formula is C14H27ClN2O3. The molecule has 0 radical (unpaired) electrons. The Kier molecular flexibility index (Phi) is 8.45. The van der Waals surface area contributed by atoms with E-state index in [0.29, 0.717) is 12.6 Å². The zero-order valence-electron chi connectivity index (χ0n) is 12.2. The minimum Gasteiger partial charge on any atom is -0.376 e. The summed E-state index contributed by atoms with van der Waals surface area (Å²) in [5.41, 5.74) is 0. The fourth-order valence-corrected chi connectivity index (χ4v) is 2.55. The highest BCUT2D eigenvalue weighted by molar-refractivity contribution is 5.85. The number of halogens is 1. The Morgan fingerprint density at radius 3 is 2.75 bits per heavy atom. The predicted molar refractivity (Wildman–Crippen MR) is 80.3 cm³/mol. The van der Waals surface area contributed by atoms with Crippen molar-refractivity contribution in [1.29, 1.82) is 0 Å². The van der Waals surface area contributed by atoms with E-state index in [0.717, 1.165) is 45.4 Å². The number of rotatable bonds is 5. The minimum atomic E-state index is -0.389. The molecule has 2 aliphatic heterocycles. The second-order valence-electron chi connectivity index (χ2n) is 5.50. The van der Waals surface area contributed by atoms with Gasteiger partial charge < -0.3 is 20.1 Å². The van der Waals surface area contributed by atoms with Gasteiger partial charge in [0.2, 0.25) is 5.91 Å². The third kappa shape index (κ3) is 5.95. The molecule has 2 aliphatic rings. The number of amides is 1. The summed E-state index contributed by atoms with van der Waals surface area (Å²) in [6.07, 6.45) is 5.17. The maximum absolute atomic E-state index is 12.0. The van der Waals surface area contributed by atoms with Crippen LogP contribution in [0.4, 0.5) is 0 Å². The summed E-state index contributed by atoms with van der Waals surface area (Å²) in [6, 6.07) is 0.297. The Hall–Kier alpha value is -0.360. The van der Waals surface area contributed by atoms with E-state index in [9.17, 15) is 4.79 Å². The molecule has 2 saturated heterocycles. The fraction of sp³-hybridized carbons (Fsp3) is 0.929. The second-order valence-corrected chi connectivity index (χ2v) is 5.50. The lowest BCUT2D eigenvalue weighted by Crippen LogP contribution is -2.46. The van der Waals surface area contributed by atoms with Gasteiger partial charge in [0.25, 0.3) is 0 Å². The molecule has 2 N–H and O–H groups in total. The largest absolute Gasteiger partial charge is 0.376 e. The van der Waals surface area contributed by atoms with E-state index in [1.807, 2.05) is 6.92 Å². The molecule has 5 nitrogen and oxygen atoms in total. The number of piperidine rings is 1. The molecule has 6 heteroatoms. The van der Waals surface area contributed by atoms with Gasteiger partial charge in [0, 0.05) is 12.6 Å². The number of carbonyl (C=O) groups is 1. The summed E-state index contributed by atoms with van der Waals surface area (Å²) in [5.74, 6) is 0.00251. The van der Waals surface area contributed by atoms with Gasteiger partial charge >= 0.3 is 0 Å². The van der Waals surface area contributed by atoms with Crippen LogP contribution in [0.5, 0.6) is 0 Å². The smallest absolute Gasteiger partial charge is 0.249 e. The van der Waals surface area contributed by atoms with Gasteiger partial charge in [0.05, 0.1) is 12.7 Å². The quantitative estimate of drug-likeness (QED) is 0.802. The van der Waals surface area contributed by atoms with Crippen molar-refractivity contribution >= 4 is 18.3 Å². The van der Waals surface area contributed by atoms with Crippen molar-refractivity contribution in [3.05, 3.63) is 0 Å². The van der Waals surface area contributed by atoms with E-state index >= 15 is 0 Å². The molecular weight excluding hydrogens is 280 g/mol. The Bertz CT molecular complexity index is 280. The third-order valence-electron chi connectivity index (χ3n) is 3.86. The molecule has 118 valence electrons. The lowest BCUT2D eigenvalue weighted by atomic mass is 10.1. The fourth-order valence-electron chi connectivity index (χ4n) is 2.55. The average Bonchev–Trinajstić information content (AvgIpc) is 2.47. The monoisotopic (exact) mass is 306 g/mol. The first kappa shape index (κ1) is 17.7. The second kappa shape index (κ2) is 9.55. The zero-order valence-corrected chi connectivity index (χ0v) is 13.0. The summed E-state index contributed by atoms with van der Waals surface area (Å²) in [5, 5.41) is 6.35. The molecule has 2 heterocycles. The van der Waals surface area contributed by atoms with Gasteiger partial charge in [-0.25, -0.2) is 0 Å². The van der Waals surface area contributed by atoms with Crippen LogP contribution in [0.1, 0.15) is 39.0 Å². The third-order valence-corrected chi connectivity index (χ3v) is 3.86.